The first-order valence-electron chi connectivity index (χ1n) is 12.3. The smallest absolute Gasteiger partial charge is 0.413 e. The third-order valence-corrected chi connectivity index (χ3v) is 7.46. The molecule has 2 aromatic rings. The summed E-state index contributed by atoms with van der Waals surface area (Å²) in [6, 6.07) is 7.55. The normalized spacial score (nSPS) is 18.0. The van der Waals surface area contributed by atoms with E-state index in [1.807, 2.05) is 6.92 Å². The number of piperidine rings is 1. The highest BCUT2D eigenvalue weighted by Crippen LogP contribution is 2.34. The van der Waals surface area contributed by atoms with E-state index in [0.717, 1.165) is 6.42 Å². The quantitative estimate of drug-likeness (QED) is 0.487. The number of rotatable bonds is 5. The minimum Gasteiger partial charge on any atom is -0.444 e. The number of pyridine rings is 1. The lowest BCUT2D eigenvalue weighted by molar-refractivity contribution is -0.146. The molecular weight excluding hydrogens is 510 g/mol. The van der Waals surface area contributed by atoms with Crippen molar-refractivity contribution in [2.24, 2.45) is 5.92 Å². The largest absolute Gasteiger partial charge is 0.444 e. The zero-order chi connectivity index (χ0) is 28.3. The Morgan fingerprint density at radius 3 is 2.45 bits per heavy atom. The number of benzene rings is 1. The maximum Gasteiger partial charge on any atom is 0.413 e. The number of nitrogens with zero attached hydrogens (tertiary/aromatic N) is 2. The molecule has 1 aliphatic heterocycles. The number of anilines is 2. The zero-order valence-corrected chi connectivity index (χ0v) is 23.3. The van der Waals surface area contributed by atoms with Crippen molar-refractivity contribution in [1.82, 2.24) is 14.6 Å². The lowest BCUT2D eigenvalue weighted by atomic mass is 9.90. The predicted octanol–water partition coefficient (Wildman–Crippen LogP) is 3.58. The van der Waals surface area contributed by atoms with Gasteiger partial charge in [-0.2, -0.15) is 0 Å². The summed E-state index contributed by atoms with van der Waals surface area (Å²) in [4.78, 5) is 44.1. The first kappa shape index (κ1) is 29.1. The number of hydrogen-bond donors (Lipinski definition) is 3. The number of likely N-dealkylation sites (tertiary alicyclic amines) is 1. The molecule has 1 fully saturated rings. The second-order valence-electron chi connectivity index (χ2n) is 10.4. The van der Waals surface area contributed by atoms with Crippen LogP contribution in [0.4, 0.5) is 16.3 Å². The van der Waals surface area contributed by atoms with E-state index < -0.39 is 39.6 Å². The standard InChI is InChI=1S/C26H35N5O6S/c1-16-10-11-21(18-8-7-9-20(13-18)38(35,36)27-6)31(15-16)24(33)23(32)29-19-12-17(2)22(28-14-19)30-25(34)37-26(3,4)5/h7-9,12-14,16,21,27H,10-11,15H2,1-6H3,(H,29,32)(H,28,30,34)/t16-,21+/m0/s1. The zero-order valence-electron chi connectivity index (χ0n) is 22.5. The second-order valence-corrected chi connectivity index (χ2v) is 12.3. The van der Waals surface area contributed by atoms with Gasteiger partial charge in [0.1, 0.15) is 11.4 Å². The van der Waals surface area contributed by atoms with Gasteiger partial charge in [-0.3, -0.25) is 14.9 Å². The van der Waals surface area contributed by atoms with Gasteiger partial charge in [0.25, 0.3) is 0 Å². The number of nitrogens with one attached hydrogen (secondary N) is 3. The molecule has 12 heteroatoms. The average molecular weight is 546 g/mol. The molecular formula is C26H35N5O6S. The maximum atomic E-state index is 13.3. The highest BCUT2D eigenvalue weighted by Gasteiger charge is 2.34. The van der Waals surface area contributed by atoms with E-state index in [4.69, 9.17) is 4.74 Å². The van der Waals surface area contributed by atoms with Crippen molar-refractivity contribution in [2.75, 3.05) is 24.2 Å². The fraction of sp³-hybridized carbons (Fsp3) is 0.462. The summed E-state index contributed by atoms with van der Waals surface area (Å²) in [5, 5.41) is 5.15. The summed E-state index contributed by atoms with van der Waals surface area (Å²) >= 11 is 0. The first-order chi connectivity index (χ1) is 17.7. The van der Waals surface area contributed by atoms with Crippen molar-refractivity contribution in [3.63, 3.8) is 0 Å². The Labute approximate surface area is 223 Å². The Balaban J connectivity index is 1.76. The average Bonchev–Trinajstić information content (AvgIpc) is 2.84. The molecule has 1 saturated heterocycles. The Kier molecular flexibility index (Phi) is 8.78. The van der Waals surface area contributed by atoms with Gasteiger partial charge in [0.15, 0.2) is 0 Å². The Morgan fingerprint density at radius 2 is 1.82 bits per heavy atom. The summed E-state index contributed by atoms with van der Waals surface area (Å²) in [6.07, 6.45) is 2.10. The fourth-order valence-corrected chi connectivity index (χ4v) is 5.00. The number of carbonyl (C=O) groups is 3. The molecule has 38 heavy (non-hydrogen) atoms. The fourth-order valence-electron chi connectivity index (χ4n) is 4.22. The molecule has 0 unspecified atom stereocenters. The number of aryl methyl sites for hydroxylation is 1. The van der Waals surface area contributed by atoms with Gasteiger partial charge >= 0.3 is 17.9 Å². The second kappa shape index (κ2) is 11.5. The van der Waals surface area contributed by atoms with Crippen LogP contribution in [0.3, 0.4) is 0 Å². The van der Waals surface area contributed by atoms with Crippen LogP contribution in [0.1, 0.15) is 57.7 Å². The number of amides is 3. The topological polar surface area (TPSA) is 147 Å². The molecule has 3 amide bonds. The van der Waals surface area contributed by atoms with Crippen LogP contribution in [-0.2, 0) is 24.3 Å². The Morgan fingerprint density at radius 1 is 1.11 bits per heavy atom. The molecule has 3 rings (SSSR count). The molecule has 0 aliphatic carbocycles. The van der Waals surface area contributed by atoms with Gasteiger partial charge in [-0.15, -0.1) is 0 Å². The number of sulfonamides is 1. The van der Waals surface area contributed by atoms with Gasteiger partial charge in [0.05, 0.1) is 22.8 Å². The lowest BCUT2D eigenvalue weighted by Gasteiger charge is -2.38. The molecule has 1 aromatic carbocycles. The SMILES string of the molecule is CNS(=O)(=O)c1cccc([C@H]2CC[C@H](C)CN2C(=O)C(=O)Nc2cnc(NC(=O)OC(C)(C)C)c(C)c2)c1. The number of carbonyl (C=O) groups excluding carboxylic acids is 3. The van der Waals surface area contributed by atoms with Crippen molar-refractivity contribution < 1.29 is 27.5 Å². The van der Waals surface area contributed by atoms with E-state index >= 15 is 0 Å². The van der Waals surface area contributed by atoms with Crippen molar-refractivity contribution >= 4 is 39.4 Å². The van der Waals surface area contributed by atoms with Gasteiger partial charge in [-0.25, -0.2) is 22.9 Å². The van der Waals surface area contributed by atoms with Gasteiger partial charge in [-0.05, 0) is 82.8 Å². The highest BCUT2D eigenvalue weighted by molar-refractivity contribution is 7.89. The summed E-state index contributed by atoms with van der Waals surface area (Å²) in [5.74, 6) is -1.12. The van der Waals surface area contributed by atoms with E-state index in [1.165, 1.54) is 30.3 Å². The van der Waals surface area contributed by atoms with Crippen LogP contribution >= 0.6 is 0 Å². The van der Waals surface area contributed by atoms with Gasteiger partial charge < -0.3 is 15.0 Å². The third kappa shape index (κ3) is 7.29. The Hall–Kier alpha value is -3.51. The predicted molar refractivity (Wildman–Crippen MR) is 143 cm³/mol. The summed E-state index contributed by atoms with van der Waals surface area (Å²) in [7, 11) is -2.33. The Bertz CT molecular complexity index is 1320. The number of aromatic nitrogens is 1. The van der Waals surface area contributed by atoms with Crippen molar-refractivity contribution in [3.8, 4) is 0 Å². The van der Waals surface area contributed by atoms with Crippen molar-refractivity contribution in [2.45, 2.75) is 64.0 Å². The number of ether oxygens (including phenoxy) is 1. The minimum atomic E-state index is -3.66. The maximum absolute atomic E-state index is 13.3. The third-order valence-electron chi connectivity index (χ3n) is 6.05. The van der Waals surface area contributed by atoms with E-state index in [2.05, 4.69) is 20.3 Å². The summed E-state index contributed by atoms with van der Waals surface area (Å²) in [5.41, 5.74) is 0.829. The molecule has 11 nitrogen and oxygen atoms in total. The molecule has 0 spiro atoms. The molecule has 0 bridgehead atoms. The van der Waals surface area contributed by atoms with Crippen LogP contribution < -0.4 is 15.4 Å². The monoisotopic (exact) mass is 545 g/mol. The molecule has 0 saturated carbocycles. The molecule has 206 valence electrons. The number of hydrogen-bond acceptors (Lipinski definition) is 7. The van der Waals surface area contributed by atoms with Crippen LogP contribution in [-0.4, -0.2) is 55.4 Å². The van der Waals surface area contributed by atoms with Gasteiger partial charge in [0.2, 0.25) is 10.0 Å². The van der Waals surface area contributed by atoms with Crippen molar-refractivity contribution in [3.05, 3.63) is 47.7 Å². The molecule has 1 aliphatic rings. The van der Waals surface area contributed by atoms with Crippen molar-refractivity contribution in [1.29, 1.82) is 0 Å². The molecule has 2 atom stereocenters. The molecule has 2 heterocycles. The summed E-state index contributed by atoms with van der Waals surface area (Å²) < 4.78 is 32.1. The first-order valence-corrected chi connectivity index (χ1v) is 13.8. The molecule has 0 radical (unpaired) electrons. The van der Waals surface area contributed by atoms with Gasteiger partial charge in [-0.1, -0.05) is 19.1 Å². The van der Waals surface area contributed by atoms with E-state index in [-0.39, 0.29) is 16.6 Å². The van der Waals surface area contributed by atoms with Crippen LogP contribution in [0.25, 0.3) is 0 Å². The van der Waals surface area contributed by atoms with E-state index in [1.54, 1.807) is 45.9 Å². The van der Waals surface area contributed by atoms with E-state index in [9.17, 15) is 22.8 Å². The lowest BCUT2D eigenvalue weighted by Crippen LogP contribution is -2.46. The van der Waals surface area contributed by atoms with E-state index in [0.29, 0.717) is 29.8 Å². The van der Waals surface area contributed by atoms with Crippen LogP contribution in [0.5, 0.6) is 0 Å². The minimum absolute atomic E-state index is 0.0922. The molecule has 3 N–H and O–H groups in total. The highest BCUT2D eigenvalue weighted by atomic mass is 32.2. The van der Waals surface area contributed by atoms with Crippen LogP contribution in [0.2, 0.25) is 0 Å². The van der Waals surface area contributed by atoms with Gasteiger partial charge in [0, 0.05) is 6.54 Å². The van der Waals surface area contributed by atoms with Crippen LogP contribution in [0.15, 0.2) is 41.4 Å². The summed E-state index contributed by atoms with van der Waals surface area (Å²) in [6.45, 7) is 9.30. The molecule has 1 aromatic heterocycles. The van der Waals surface area contributed by atoms with Crippen LogP contribution in [0, 0.1) is 12.8 Å².